The van der Waals surface area contributed by atoms with Crippen molar-refractivity contribution in [2.45, 2.75) is 46.5 Å². The Morgan fingerprint density at radius 3 is 2.07 bits per heavy atom. The normalized spacial score (nSPS) is 12.5. The van der Waals surface area contributed by atoms with Crippen molar-refractivity contribution in [2.24, 2.45) is 5.41 Å². The van der Waals surface area contributed by atoms with Crippen molar-refractivity contribution in [1.82, 2.24) is 15.0 Å². The largest absolute Gasteiger partial charge is 0.505 e. The van der Waals surface area contributed by atoms with Crippen LogP contribution < -0.4 is 0 Å². The van der Waals surface area contributed by atoms with Gasteiger partial charge in [-0.05, 0) is 41.5 Å². The molecule has 0 unspecified atom stereocenters. The van der Waals surface area contributed by atoms with Gasteiger partial charge >= 0.3 is 5.97 Å². The zero-order valence-electron chi connectivity index (χ0n) is 16.3. The standard InChI is InChI=1S/C21H25N3O3/c1-20(2,3)12-21(4,5)14-10-13(19(26)27)11-17(18(14)25)24-22-15-8-6-7-9-16(15)23-24/h6-11,25H,12H2,1-5H3,(H,26,27). The number of aromatic carboxylic acids is 1. The lowest BCUT2D eigenvalue weighted by Crippen LogP contribution is -2.25. The third-order valence-corrected chi connectivity index (χ3v) is 4.54. The van der Waals surface area contributed by atoms with Gasteiger partial charge in [-0.3, -0.25) is 0 Å². The smallest absolute Gasteiger partial charge is 0.335 e. The SMILES string of the molecule is CC(C)(C)CC(C)(C)c1cc(C(=O)O)cc(-n2nc3ccccc3n2)c1O. The van der Waals surface area contributed by atoms with Crippen molar-refractivity contribution in [3.8, 4) is 11.4 Å². The van der Waals surface area contributed by atoms with E-state index in [4.69, 9.17) is 0 Å². The minimum absolute atomic E-state index is 0.00790. The maximum absolute atomic E-state index is 11.7. The molecule has 0 bridgehead atoms. The highest BCUT2D eigenvalue weighted by molar-refractivity contribution is 5.89. The Labute approximate surface area is 158 Å². The van der Waals surface area contributed by atoms with Gasteiger partial charge in [0.25, 0.3) is 0 Å². The highest BCUT2D eigenvalue weighted by Crippen LogP contribution is 2.42. The summed E-state index contributed by atoms with van der Waals surface area (Å²) in [6, 6.07) is 10.3. The van der Waals surface area contributed by atoms with E-state index in [0.717, 1.165) is 6.42 Å². The van der Waals surface area contributed by atoms with Crippen LogP contribution in [0.5, 0.6) is 5.75 Å². The number of rotatable bonds is 4. The van der Waals surface area contributed by atoms with Gasteiger partial charge < -0.3 is 10.2 Å². The first-order chi connectivity index (χ1) is 12.5. The van der Waals surface area contributed by atoms with Crippen LogP contribution in [0.3, 0.4) is 0 Å². The molecule has 0 radical (unpaired) electrons. The lowest BCUT2D eigenvalue weighted by molar-refractivity contribution is 0.0696. The van der Waals surface area contributed by atoms with Gasteiger partial charge in [-0.1, -0.05) is 46.8 Å². The molecule has 0 saturated carbocycles. The second kappa shape index (κ2) is 6.37. The average molecular weight is 367 g/mol. The number of aromatic hydroxyl groups is 1. The van der Waals surface area contributed by atoms with Crippen LogP contribution in [-0.2, 0) is 5.41 Å². The third-order valence-electron chi connectivity index (χ3n) is 4.54. The Bertz CT molecular complexity index is 980. The fourth-order valence-electron chi connectivity index (χ4n) is 3.80. The zero-order valence-corrected chi connectivity index (χ0v) is 16.3. The number of fused-ring (bicyclic) bond motifs is 1. The monoisotopic (exact) mass is 367 g/mol. The van der Waals surface area contributed by atoms with E-state index in [2.05, 4.69) is 31.0 Å². The maximum atomic E-state index is 11.7. The molecule has 2 aromatic carbocycles. The second-order valence-electron chi connectivity index (χ2n) is 8.80. The molecule has 3 aromatic rings. The average Bonchev–Trinajstić information content (AvgIpc) is 2.96. The summed E-state index contributed by atoms with van der Waals surface area (Å²) < 4.78 is 0. The summed E-state index contributed by atoms with van der Waals surface area (Å²) in [6.45, 7) is 10.4. The van der Waals surface area contributed by atoms with E-state index in [-0.39, 0.29) is 22.4 Å². The van der Waals surface area contributed by atoms with E-state index < -0.39 is 11.4 Å². The van der Waals surface area contributed by atoms with Crippen molar-refractivity contribution in [3.63, 3.8) is 0 Å². The molecule has 6 nitrogen and oxygen atoms in total. The molecular formula is C21H25N3O3. The summed E-state index contributed by atoms with van der Waals surface area (Å²) >= 11 is 0. The van der Waals surface area contributed by atoms with Crippen LogP contribution in [-0.4, -0.2) is 31.2 Å². The van der Waals surface area contributed by atoms with Gasteiger partial charge in [0, 0.05) is 5.56 Å². The lowest BCUT2D eigenvalue weighted by atomic mass is 9.71. The summed E-state index contributed by atoms with van der Waals surface area (Å²) in [5, 5.41) is 29.4. The highest BCUT2D eigenvalue weighted by atomic mass is 16.4. The Morgan fingerprint density at radius 1 is 1.04 bits per heavy atom. The van der Waals surface area contributed by atoms with Gasteiger partial charge in [-0.25, -0.2) is 4.79 Å². The number of benzene rings is 2. The number of nitrogens with zero attached hydrogens (tertiary/aromatic N) is 3. The molecule has 0 amide bonds. The molecule has 0 aliphatic heterocycles. The molecule has 0 aliphatic rings. The second-order valence-corrected chi connectivity index (χ2v) is 8.80. The first-order valence-electron chi connectivity index (χ1n) is 8.91. The molecule has 2 N–H and O–H groups in total. The number of hydrogen-bond acceptors (Lipinski definition) is 4. The number of carbonyl (C=O) groups is 1. The molecule has 0 spiro atoms. The Kier molecular flexibility index (Phi) is 4.46. The zero-order chi connectivity index (χ0) is 20.0. The van der Waals surface area contributed by atoms with Crippen LogP contribution in [0.25, 0.3) is 16.7 Å². The highest BCUT2D eigenvalue weighted by Gasteiger charge is 2.32. The van der Waals surface area contributed by atoms with E-state index in [1.54, 1.807) is 6.07 Å². The molecule has 0 aliphatic carbocycles. The minimum atomic E-state index is -1.05. The quantitative estimate of drug-likeness (QED) is 0.707. The fraction of sp³-hybridized carbons (Fsp3) is 0.381. The molecule has 1 heterocycles. The lowest BCUT2D eigenvalue weighted by Gasteiger charge is -2.33. The van der Waals surface area contributed by atoms with E-state index in [0.29, 0.717) is 16.6 Å². The molecule has 1 aromatic heterocycles. The van der Waals surface area contributed by atoms with E-state index in [9.17, 15) is 15.0 Å². The number of phenolic OH excluding ortho intramolecular Hbond substituents is 1. The molecule has 142 valence electrons. The molecule has 3 rings (SSSR count). The van der Waals surface area contributed by atoms with Gasteiger partial charge in [0.2, 0.25) is 0 Å². The van der Waals surface area contributed by atoms with E-state index >= 15 is 0 Å². The van der Waals surface area contributed by atoms with E-state index in [1.807, 2.05) is 38.1 Å². The van der Waals surface area contributed by atoms with E-state index in [1.165, 1.54) is 10.9 Å². The van der Waals surface area contributed by atoms with Gasteiger partial charge in [0.05, 0.1) is 5.56 Å². The van der Waals surface area contributed by atoms with Crippen molar-refractivity contribution >= 4 is 17.0 Å². The topological polar surface area (TPSA) is 88.2 Å². The molecule has 0 fully saturated rings. The van der Waals surface area contributed by atoms with Crippen LogP contribution in [0.4, 0.5) is 0 Å². The van der Waals surface area contributed by atoms with Crippen LogP contribution in [0.15, 0.2) is 36.4 Å². The van der Waals surface area contributed by atoms with Gasteiger partial charge in [-0.2, -0.15) is 0 Å². The molecular weight excluding hydrogens is 342 g/mol. The maximum Gasteiger partial charge on any atom is 0.335 e. The summed E-state index contributed by atoms with van der Waals surface area (Å²) in [7, 11) is 0. The summed E-state index contributed by atoms with van der Waals surface area (Å²) in [5.74, 6) is -1.05. The summed E-state index contributed by atoms with van der Waals surface area (Å²) in [4.78, 5) is 13.0. The number of carboxylic acid groups (broad SMARTS) is 1. The van der Waals surface area contributed by atoms with Gasteiger partial charge in [-0.15, -0.1) is 15.0 Å². The summed E-state index contributed by atoms with van der Waals surface area (Å²) in [5.41, 5.74) is 1.86. The van der Waals surface area contributed by atoms with Crippen molar-refractivity contribution in [3.05, 3.63) is 47.5 Å². The van der Waals surface area contributed by atoms with Crippen LogP contribution in [0.1, 0.15) is 57.0 Å². The molecule has 27 heavy (non-hydrogen) atoms. The van der Waals surface area contributed by atoms with Gasteiger partial charge in [0.1, 0.15) is 22.5 Å². The predicted octanol–water partition coefficient (Wildman–Crippen LogP) is 4.54. The number of phenols is 1. The molecule has 6 heteroatoms. The molecule has 0 atom stereocenters. The fourth-order valence-corrected chi connectivity index (χ4v) is 3.80. The Morgan fingerprint density at radius 2 is 1.59 bits per heavy atom. The van der Waals surface area contributed by atoms with Crippen molar-refractivity contribution in [1.29, 1.82) is 0 Å². The molecule has 0 saturated heterocycles. The Hall–Kier alpha value is -2.89. The van der Waals surface area contributed by atoms with Crippen LogP contribution in [0.2, 0.25) is 0 Å². The van der Waals surface area contributed by atoms with Crippen LogP contribution in [0, 0.1) is 5.41 Å². The number of carboxylic acids is 1. The number of hydrogen-bond donors (Lipinski definition) is 2. The van der Waals surface area contributed by atoms with Crippen LogP contribution >= 0.6 is 0 Å². The summed E-state index contributed by atoms with van der Waals surface area (Å²) in [6.07, 6.45) is 0.768. The first-order valence-corrected chi connectivity index (χ1v) is 8.91. The van der Waals surface area contributed by atoms with Crippen molar-refractivity contribution < 1.29 is 15.0 Å². The predicted molar refractivity (Wildman–Crippen MR) is 105 cm³/mol. The van der Waals surface area contributed by atoms with Crippen molar-refractivity contribution in [2.75, 3.05) is 0 Å². The number of aromatic nitrogens is 3. The van der Waals surface area contributed by atoms with Gasteiger partial charge in [0.15, 0.2) is 0 Å². The first kappa shape index (κ1) is 18.9. The third kappa shape index (κ3) is 3.79. The Balaban J connectivity index is 2.22. The minimum Gasteiger partial charge on any atom is -0.505 e.